The van der Waals surface area contributed by atoms with Gasteiger partial charge in [-0.25, -0.2) is 15.0 Å². The Morgan fingerprint density at radius 1 is 0.150 bits per heavy atom. The van der Waals surface area contributed by atoms with Crippen LogP contribution in [0.4, 0.5) is 0 Å². The van der Waals surface area contributed by atoms with Crippen molar-refractivity contribution in [2.75, 3.05) is 0 Å². The van der Waals surface area contributed by atoms with Gasteiger partial charge in [0.05, 0.1) is 34.2 Å². The van der Waals surface area contributed by atoms with E-state index in [0.29, 0.717) is 0 Å². The fourth-order valence-electron chi connectivity index (χ4n) is 7.76. The van der Waals surface area contributed by atoms with Crippen LogP contribution in [0.3, 0.4) is 0 Å². The van der Waals surface area contributed by atoms with Gasteiger partial charge in [-0.3, -0.25) is 0 Å². The number of hydrogen-bond donors (Lipinski definition) is 0. The predicted octanol–water partition coefficient (Wildman–Crippen LogP) is 14.9. The minimum atomic E-state index is 0.904. The van der Waals surface area contributed by atoms with Gasteiger partial charge in [0.2, 0.25) is 0 Å². The number of pyridine rings is 3. The third-order valence-electron chi connectivity index (χ3n) is 10.8. The van der Waals surface area contributed by atoms with Crippen molar-refractivity contribution in [2.24, 2.45) is 0 Å². The van der Waals surface area contributed by atoms with Crippen LogP contribution >= 0.6 is 0 Å². The number of benzene rings is 7. The first-order valence-corrected chi connectivity index (χ1v) is 20.3. The Labute approximate surface area is 351 Å². The molecule has 0 amide bonds. The van der Waals surface area contributed by atoms with Gasteiger partial charge >= 0.3 is 0 Å². The molecular formula is C57H39N3. The highest BCUT2D eigenvalue weighted by Gasteiger charge is 2.15. The van der Waals surface area contributed by atoms with Crippen molar-refractivity contribution in [1.29, 1.82) is 0 Å². The van der Waals surface area contributed by atoms with Crippen LogP contribution in [-0.2, 0) is 0 Å². The number of aromatic nitrogens is 3. The lowest BCUT2D eigenvalue weighted by Gasteiger charge is -2.14. The number of rotatable bonds is 9. The molecule has 0 N–H and O–H groups in total. The summed E-state index contributed by atoms with van der Waals surface area (Å²) in [6, 6.07) is 82.8. The first-order valence-electron chi connectivity index (χ1n) is 20.3. The normalized spacial score (nSPS) is 11.0. The molecule has 0 fully saturated rings. The Hall–Kier alpha value is -8.01. The van der Waals surface area contributed by atoms with Crippen LogP contribution < -0.4 is 0 Å². The summed E-state index contributed by atoms with van der Waals surface area (Å²) in [5, 5.41) is 0. The zero-order chi connectivity index (χ0) is 40.1. The minimum Gasteiger partial charge on any atom is -0.248 e. The summed E-state index contributed by atoms with van der Waals surface area (Å²) in [6.45, 7) is 0. The Balaban J connectivity index is 1.09. The molecule has 0 bridgehead atoms. The fraction of sp³-hybridized carbons (Fsp3) is 0. The van der Waals surface area contributed by atoms with Crippen LogP contribution in [0, 0.1) is 0 Å². The Bertz CT molecular complexity index is 2750. The Kier molecular flexibility index (Phi) is 9.97. The highest BCUT2D eigenvalue weighted by atomic mass is 14.7. The molecule has 0 saturated heterocycles. The molecule has 0 aliphatic heterocycles. The van der Waals surface area contributed by atoms with Crippen LogP contribution in [0.1, 0.15) is 0 Å². The molecule has 0 atom stereocenters. The van der Waals surface area contributed by atoms with E-state index in [0.717, 1.165) is 101 Å². The van der Waals surface area contributed by atoms with E-state index in [1.54, 1.807) is 0 Å². The molecule has 282 valence electrons. The SMILES string of the molecule is c1ccc(-c2cc(-c3cccc(-c4cc(-c5ccccc5)nc(-c5ccccc5)c4)c3)nc(-c3cccc(-c4cc(-c5ccccc5)nc(-c5ccccc5)c4)c3)c2)cc1. The lowest BCUT2D eigenvalue weighted by atomic mass is 9.95. The topological polar surface area (TPSA) is 38.7 Å². The Morgan fingerprint density at radius 3 is 0.667 bits per heavy atom. The molecular weight excluding hydrogens is 727 g/mol. The van der Waals surface area contributed by atoms with Crippen molar-refractivity contribution in [3.05, 3.63) is 237 Å². The lowest BCUT2D eigenvalue weighted by Crippen LogP contribution is -1.94. The van der Waals surface area contributed by atoms with Gasteiger partial charge in [0.25, 0.3) is 0 Å². The standard InChI is InChI=1S/C57H39N3/c1-6-18-40(19-7-1)49-34-56(47-30-16-28-45(32-47)50-36-52(41-20-8-2-9-21-41)58-53(37-50)42-22-10-3-11-23-42)60-57(35-49)48-31-17-29-46(33-48)51-38-54(43-24-12-4-13-25-43)59-55(39-51)44-26-14-5-15-27-44/h1-39H. The number of nitrogens with zero attached hydrogens (tertiary/aromatic N) is 3. The molecule has 7 aromatic carbocycles. The van der Waals surface area contributed by atoms with Gasteiger partial charge < -0.3 is 0 Å². The second-order valence-corrected chi connectivity index (χ2v) is 14.9. The Morgan fingerprint density at radius 2 is 0.367 bits per heavy atom. The summed E-state index contributed by atoms with van der Waals surface area (Å²) >= 11 is 0. The highest BCUT2D eigenvalue weighted by Crippen LogP contribution is 2.37. The minimum absolute atomic E-state index is 0.904. The van der Waals surface area contributed by atoms with Gasteiger partial charge in [-0.1, -0.05) is 188 Å². The van der Waals surface area contributed by atoms with Crippen molar-refractivity contribution < 1.29 is 0 Å². The van der Waals surface area contributed by atoms with Crippen LogP contribution in [0.5, 0.6) is 0 Å². The van der Waals surface area contributed by atoms with E-state index < -0.39 is 0 Å². The smallest absolute Gasteiger partial charge is 0.0715 e. The largest absolute Gasteiger partial charge is 0.248 e. The predicted molar refractivity (Wildman–Crippen MR) is 249 cm³/mol. The van der Waals surface area contributed by atoms with Gasteiger partial charge in [-0.2, -0.15) is 0 Å². The van der Waals surface area contributed by atoms with Crippen LogP contribution in [0.25, 0.3) is 101 Å². The zero-order valence-corrected chi connectivity index (χ0v) is 32.9. The molecule has 60 heavy (non-hydrogen) atoms. The maximum absolute atomic E-state index is 5.40. The van der Waals surface area contributed by atoms with Crippen LogP contribution in [0.15, 0.2) is 237 Å². The van der Waals surface area contributed by atoms with Crippen LogP contribution in [-0.4, -0.2) is 15.0 Å². The molecule has 0 radical (unpaired) electrons. The molecule has 0 spiro atoms. The summed E-state index contributed by atoms with van der Waals surface area (Å²) in [5.41, 5.74) is 18.6. The van der Waals surface area contributed by atoms with Gasteiger partial charge in [-0.15, -0.1) is 0 Å². The maximum atomic E-state index is 5.40. The molecule has 3 aromatic heterocycles. The van der Waals surface area contributed by atoms with E-state index in [2.05, 4.69) is 212 Å². The number of hydrogen-bond acceptors (Lipinski definition) is 3. The quantitative estimate of drug-likeness (QED) is 0.147. The first kappa shape index (κ1) is 36.3. The molecule has 3 nitrogen and oxygen atoms in total. The maximum Gasteiger partial charge on any atom is 0.0715 e. The van der Waals surface area contributed by atoms with Crippen molar-refractivity contribution in [3.8, 4) is 101 Å². The summed E-state index contributed by atoms with van der Waals surface area (Å²) < 4.78 is 0. The fourth-order valence-corrected chi connectivity index (χ4v) is 7.76. The van der Waals surface area contributed by atoms with Crippen molar-refractivity contribution in [3.63, 3.8) is 0 Å². The summed E-state index contributed by atoms with van der Waals surface area (Å²) in [4.78, 5) is 15.7. The van der Waals surface area contributed by atoms with E-state index >= 15 is 0 Å². The zero-order valence-electron chi connectivity index (χ0n) is 32.9. The van der Waals surface area contributed by atoms with Gasteiger partial charge in [0.1, 0.15) is 0 Å². The van der Waals surface area contributed by atoms with Gasteiger partial charge in [0, 0.05) is 33.4 Å². The van der Waals surface area contributed by atoms with E-state index in [1.165, 1.54) is 0 Å². The van der Waals surface area contributed by atoms with E-state index in [1.807, 2.05) is 24.3 Å². The van der Waals surface area contributed by atoms with Gasteiger partial charge in [-0.05, 0) is 81.9 Å². The molecule has 0 aliphatic rings. The summed E-state index contributed by atoms with van der Waals surface area (Å²) in [5.74, 6) is 0. The lowest BCUT2D eigenvalue weighted by molar-refractivity contribution is 1.31. The van der Waals surface area contributed by atoms with Crippen molar-refractivity contribution in [1.82, 2.24) is 15.0 Å². The second kappa shape index (κ2) is 16.5. The molecule has 0 unspecified atom stereocenters. The van der Waals surface area contributed by atoms with E-state index in [9.17, 15) is 0 Å². The third kappa shape index (κ3) is 7.80. The summed E-state index contributed by atoms with van der Waals surface area (Å²) in [6.07, 6.45) is 0. The van der Waals surface area contributed by atoms with E-state index in [4.69, 9.17) is 15.0 Å². The highest BCUT2D eigenvalue weighted by molar-refractivity contribution is 5.83. The molecule has 3 heteroatoms. The summed E-state index contributed by atoms with van der Waals surface area (Å²) in [7, 11) is 0. The average Bonchev–Trinajstić information content (AvgIpc) is 3.35. The van der Waals surface area contributed by atoms with Gasteiger partial charge in [0.15, 0.2) is 0 Å². The van der Waals surface area contributed by atoms with Crippen LogP contribution in [0.2, 0.25) is 0 Å². The third-order valence-corrected chi connectivity index (χ3v) is 10.8. The molecule has 10 rings (SSSR count). The monoisotopic (exact) mass is 765 g/mol. The molecule has 0 aliphatic carbocycles. The van der Waals surface area contributed by atoms with Crippen molar-refractivity contribution in [2.45, 2.75) is 0 Å². The second-order valence-electron chi connectivity index (χ2n) is 14.9. The molecule has 10 aromatic rings. The molecule has 0 saturated carbocycles. The van der Waals surface area contributed by atoms with E-state index in [-0.39, 0.29) is 0 Å². The molecule has 3 heterocycles. The first-order chi connectivity index (χ1) is 29.7. The van der Waals surface area contributed by atoms with Crippen molar-refractivity contribution >= 4 is 0 Å². The average molecular weight is 766 g/mol.